The van der Waals surface area contributed by atoms with Crippen LogP contribution in [0.4, 0.5) is 0 Å². The summed E-state index contributed by atoms with van der Waals surface area (Å²) in [6.45, 7) is 1.95. The van der Waals surface area contributed by atoms with E-state index in [-0.39, 0.29) is 23.8 Å². The third-order valence-electron chi connectivity index (χ3n) is 4.06. The number of halogens is 1. The monoisotopic (exact) mass is 343 g/mol. The molecule has 1 aromatic rings. The van der Waals surface area contributed by atoms with Crippen molar-refractivity contribution in [3.63, 3.8) is 0 Å². The Labute approximate surface area is 138 Å². The van der Waals surface area contributed by atoms with E-state index in [2.05, 4.69) is 4.72 Å². The lowest BCUT2D eigenvalue weighted by molar-refractivity contribution is 0.296. The lowest BCUT2D eigenvalue weighted by Gasteiger charge is -2.33. The molecule has 0 saturated heterocycles. The highest BCUT2D eigenvalue weighted by molar-refractivity contribution is 7.89. The molecule has 0 radical (unpaired) electrons. The maximum absolute atomic E-state index is 12.4. The summed E-state index contributed by atoms with van der Waals surface area (Å²) in [6.07, 6.45) is 4.96. The minimum absolute atomic E-state index is 0. The van der Waals surface area contributed by atoms with E-state index in [9.17, 15) is 8.42 Å². The summed E-state index contributed by atoms with van der Waals surface area (Å²) >= 11 is 0. The molecule has 22 heavy (non-hydrogen) atoms. The second-order valence-corrected chi connectivity index (χ2v) is 7.58. The van der Waals surface area contributed by atoms with E-state index in [0.29, 0.717) is 11.1 Å². The Hall–Kier alpha value is -1.13. The second-order valence-electron chi connectivity index (χ2n) is 5.84. The van der Waals surface area contributed by atoms with Crippen LogP contribution < -0.4 is 10.5 Å². The molecule has 0 unspecified atom stereocenters. The number of nitrogens with zero attached hydrogens (tertiary/aromatic N) is 1. The minimum atomic E-state index is -3.59. The van der Waals surface area contributed by atoms with Crippen molar-refractivity contribution in [3.8, 4) is 6.07 Å². The van der Waals surface area contributed by atoms with Crippen LogP contribution in [0.15, 0.2) is 23.1 Å². The molecule has 0 heterocycles. The van der Waals surface area contributed by atoms with Gasteiger partial charge in [-0.1, -0.05) is 19.3 Å². The zero-order valence-electron chi connectivity index (χ0n) is 12.6. The highest BCUT2D eigenvalue weighted by Gasteiger charge is 2.29. The summed E-state index contributed by atoms with van der Waals surface area (Å²) in [5, 5.41) is 8.83. The summed E-state index contributed by atoms with van der Waals surface area (Å²) in [7, 11) is -3.59. The fourth-order valence-electron chi connectivity index (χ4n) is 2.77. The van der Waals surface area contributed by atoms with Crippen molar-refractivity contribution in [2.45, 2.75) is 49.5 Å². The van der Waals surface area contributed by atoms with Gasteiger partial charge in [0.2, 0.25) is 10.0 Å². The second kappa shape index (κ2) is 7.42. The number of nitrogens with two attached hydrogens (primary N) is 1. The van der Waals surface area contributed by atoms with Crippen molar-refractivity contribution in [3.05, 3.63) is 29.3 Å². The lowest BCUT2D eigenvalue weighted by atomic mass is 9.83. The first-order valence-electron chi connectivity index (χ1n) is 7.16. The number of nitrogens with one attached hydrogen (secondary N) is 1. The summed E-state index contributed by atoms with van der Waals surface area (Å²) in [6, 6.07) is 6.56. The zero-order valence-corrected chi connectivity index (χ0v) is 14.3. The number of benzene rings is 1. The molecule has 0 spiro atoms. The Bertz CT molecular complexity index is 662. The van der Waals surface area contributed by atoms with Crippen LogP contribution in [-0.2, 0) is 10.0 Å². The number of aryl methyl sites for hydroxylation is 1. The van der Waals surface area contributed by atoms with Gasteiger partial charge in [0.1, 0.15) is 0 Å². The standard InChI is InChI=1S/C15H21N3O2S.ClH/c1-12-9-13(10-16)5-6-14(12)21(19,20)18-11-15(17)7-3-2-4-8-15;/h5-6,9,18H,2-4,7-8,11,17H2,1H3;1H. The van der Waals surface area contributed by atoms with Crippen molar-refractivity contribution in [2.75, 3.05) is 6.54 Å². The van der Waals surface area contributed by atoms with E-state index in [0.717, 1.165) is 25.7 Å². The van der Waals surface area contributed by atoms with Gasteiger partial charge in [0.05, 0.1) is 16.5 Å². The van der Waals surface area contributed by atoms with E-state index in [1.54, 1.807) is 13.0 Å². The fraction of sp³-hybridized carbons (Fsp3) is 0.533. The Morgan fingerprint density at radius 3 is 2.50 bits per heavy atom. The van der Waals surface area contributed by atoms with Crippen LogP contribution >= 0.6 is 12.4 Å². The number of nitriles is 1. The molecule has 7 heteroatoms. The van der Waals surface area contributed by atoms with Gasteiger partial charge in [0, 0.05) is 12.1 Å². The van der Waals surface area contributed by atoms with Crippen molar-refractivity contribution in [1.82, 2.24) is 4.72 Å². The molecular weight excluding hydrogens is 322 g/mol. The van der Waals surface area contributed by atoms with Crippen molar-refractivity contribution in [2.24, 2.45) is 5.73 Å². The predicted molar refractivity (Wildman–Crippen MR) is 88.3 cm³/mol. The van der Waals surface area contributed by atoms with E-state index >= 15 is 0 Å². The molecule has 3 N–H and O–H groups in total. The van der Waals surface area contributed by atoms with Gasteiger partial charge in [-0.3, -0.25) is 0 Å². The van der Waals surface area contributed by atoms with Crippen molar-refractivity contribution >= 4 is 22.4 Å². The Morgan fingerprint density at radius 2 is 1.95 bits per heavy atom. The summed E-state index contributed by atoms with van der Waals surface area (Å²) in [5.74, 6) is 0. The first-order valence-corrected chi connectivity index (χ1v) is 8.64. The molecule has 122 valence electrons. The smallest absolute Gasteiger partial charge is 0.240 e. The number of sulfonamides is 1. The zero-order chi connectivity index (χ0) is 15.5. The van der Waals surface area contributed by atoms with Gasteiger partial charge in [0.25, 0.3) is 0 Å². The molecule has 0 atom stereocenters. The van der Waals surface area contributed by atoms with Crippen molar-refractivity contribution in [1.29, 1.82) is 5.26 Å². The van der Waals surface area contributed by atoms with Crippen LogP contribution in [0, 0.1) is 18.3 Å². The van der Waals surface area contributed by atoms with Gasteiger partial charge in [-0.25, -0.2) is 13.1 Å². The number of hydrogen-bond donors (Lipinski definition) is 2. The van der Waals surface area contributed by atoms with Gasteiger partial charge in [0.15, 0.2) is 0 Å². The van der Waals surface area contributed by atoms with E-state index in [1.165, 1.54) is 18.6 Å². The summed E-state index contributed by atoms with van der Waals surface area (Å²) < 4.78 is 27.4. The summed E-state index contributed by atoms with van der Waals surface area (Å²) in [5.41, 5.74) is 6.84. The molecule has 0 bridgehead atoms. The molecule has 5 nitrogen and oxygen atoms in total. The fourth-order valence-corrected chi connectivity index (χ4v) is 4.13. The number of rotatable bonds is 4. The molecule has 0 amide bonds. The van der Waals surface area contributed by atoms with E-state index in [4.69, 9.17) is 11.0 Å². The Balaban J connectivity index is 0.00000242. The largest absolute Gasteiger partial charge is 0.324 e. The first kappa shape index (κ1) is 18.9. The van der Waals surface area contributed by atoms with E-state index < -0.39 is 15.6 Å². The average molecular weight is 344 g/mol. The van der Waals surface area contributed by atoms with Crippen LogP contribution in [0.1, 0.15) is 43.2 Å². The minimum Gasteiger partial charge on any atom is -0.324 e. The molecule has 1 saturated carbocycles. The highest BCUT2D eigenvalue weighted by Crippen LogP contribution is 2.26. The van der Waals surface area contributed by atoms with Crippen LogP contribution in [0.5, 0.6) is 0 Å². The van der Waals surface area contributed by atoms with Crippen LogP contribution in [0.2, 0.25) is 0 Å². The highest BCUT2D eigenvalue weighted by atomic mass is 35.5. The molecule has 0 aliphatic heterocycles. The van der Waals surface area contributed by atoms with Gasteiger partial charge < -0.3 is 5.73 Å². The molecule has 1 aromatic carbocycles. The van der Waals surface area contributed by atoms with Crippen molar-refractivity contribution < 1.29 is 8.42 Å². The van der Waals surface area contributed by atoms with E-state index in [1.807, 2.05) is 6.07 Å². The van der Waals surface area contributed by atoms with Gasteiger partial charge in [-0.2, -0.15) is 5.26 Å². The van der Waals surface area contributed by atoms with Crippen LogP contribution in [0.25, 0.3) is 0 Å². The lowest BCUT2D eigenvalue weighted by Crippen LogP contribution is -2.51. The molecule has 1 fully saturated rings. The molecule has 0 aromatic heterocycles. The molecular formula is C15H22ClN3O2S. The molecule has 1 aliphatic carbocycles. The summed E-state index contributed by atoms with van der Waals surface area (Å²) in [4.78, 5) is 0.209. The Kier molecular flexibility index (Phi) is 6.38. The SMILES string of the molecule is Cc1cc(C#N)ccc1S(=O)(=O)NCC1(N)CCCCC1.Cl. The Morgan fingerprint density at radius 1 is 1.32 bits per heavy atom. The van der Waals surface area contributed by atoms with Gasteiger partial charge in [-0.15, -0.1) is 12.4 Å². The third-order valence-corrected chi connectivity index (χ3v) is 5.62. The van der Waals surface area contributed by atoms with Crippen LogP contribution in [0.3, 0.4) is 0 Å². The predicted octanol–water partition coefficient (Wildman–Crippen LogP) is 2.23. The molecule has 2 rings (SSSR count). The first-order chi connectivity index (χ1) is 9.86. The topological polar surface area (TPSA) is 96.0 Å². The molecule has 1 aliphatic rings. The quantitative estimate of drug-likeness (QED) is 0.876. The normalized spacial score (nSPS) is 17.3. The van der Waals surface area contributed by atoms with Gasteiger partial charge in [-0.05, 0) is 43.5 Å². The maximum atomic E-state index is 12.4. The van der Waals surface area contributed by atoms with Crippen LogP contribution in [-0.4, -0.2) is 20.5 Å². The third kappa shape index (κ3) is 4.43. The average Bonchev–Trinajstić information content (AvgIpc) is 2.46. The number of hydrogen-bond acceptors (Lipinski definition) is 4. The maximum Gasteiger partial charge on any atom is 0.240 e. The van der Waals surface area contributed by atoms with Gasteiger partial charge >= 0.3 is 0 Å².